The summed E-state index contributed by atoms with van der Waals surface area (Å²) in [5.41, 5.74) is -0.553. The van der Waals surface area contributed by atoms with Crippen molar-refractivity contribution in [2.45, 2.75) is 5.03 Å². The molecule has 20 heavy (non-hydrogen) atoms. The van der Waals surface area contributed by atoms with Crippen LogP contribution in [-0.2, 0) is 9.73 Å². The Morgan fingerprint density at radius 1 is 1.15 bits per heavy atom. The lowest BCUT2D eigenvalue weighted by Gasteiger charge is -2.02. The van der Waals surface area contributed by atoms with E-state index < -0.39 is 32.7 Å². The minimum Gasteiger partial charge on any atom is -0.246 e. The smallest absolute Gasteiger partial charge is 0.139 e. The van der Waals surface area contributed by atoms with Crippen LogP contribution < -0.4 is 0 Å². The third kappa shape index (κ3) is 3.05. The van der Waals surface area contributed by atoms with Gasteiger partial charge in [-0.15, -0.1) is 0 Å². The number of rotatable bonds is 3. The molecular formula is C13H9F3N2OS. The van der Waals surface area contributed by atoms with Crippen molar-refractivity contribution >= 4 is 15.8 Å². The predicted octanol–water partition coefficient (Wildman–Crippen LogP) is 3.58. The van der Waals surface area contributed by atoms with E-state index in [2.05, 4.69) is 4.98 Å². The van der Waals surface area contributed by atoms with Crippen molar-refractivity contribution in [2.75, 3.05) is 0 Å². The fraction of sp³-hybridized carbons (Fsp3) is 0. The van der Waals surface area contributed by atoms with Crippen molar-refractivity contribution in [3.63, 3.8) is 0 Å². The lowest BCUT2D eigenvalue weighted by Crippen LogP contribution is -1.97. The van der Waals surface area contributed by atoms with Gasteiger partial charge in [-0.3, -0.25) is 0 Å². The van der Waals surface area contributed by atoms with Gasteiger partial charge in [-0.25, -0.2) is 27.1 Å². The van der Waals surface area contributed by atoms with E-state index in [-0.39, 0.29) is 5.03 Å². The van der Waals surface area contributed by atoms with E-state index in [1.54, 1.807) is 12.1 Å². The van der Waals surface area contributed by atoms with Crippen LogP contribution in [0.2, 0.25) is 0 Å². The number of nitrogens with zero attached hydrogens (tertiary/aromatic N) is 1. The summed E-state index contributed by atoms with van der Waals surface area (Å²) in [5, 5.41) is 0.813. The number of hydrogen-bond acceptors (Lipinski definition) is 3. The molecule has 2 aromatic rings. The molecule has 0 aliphatic rings. The fourth-order valence-corrected chi connectivity index (χ4v) is 2.44. The second-order valence-electron chi connectivity index (χ2n) is 3.85. The maximum atomic E-state index is 13.4. The maximum Gasteiger partial charge on any atom is 0.139 e. The molecule has 0 aliphatic heterocycles. The maximum absolute atomic E-state index is 13.4. The van der Waals surface area contributed by atoms with Crippen molar-refractivity contribution in [2.24, 2.45) is 0 Å². The fourth-order valence-electron chi connectivity index (χ4n) is 1.47. The van der Waals surface area contributed by atoms with E-state index in [4.69, 9.17) is 4.78 Å². The van der Waals surface area contributed by atoms with Crippen molar-refractivity contribution in [1.82, 2.24) is 4.98 Å². The van der Waals surface area contributed by atoms with Crippen LogP contribution in [0.5, 0.6) is 0 Å². The third-order valence-electron chi connectivity index (χ3n) is 2.42. The Labute approximate surface area is 113 Å². The molecule has 0 fully saturated rings. The molecule has 1 heterocycles. The second kappa shape index (κ2) is 5.46. The predicted molar refractivity (Wildman–Crippen MR) is 68.7 cm³/mol. The van der Waals surface area contributed by atoms with Crippen LogP contribution >= 0.6 is 0 Å². The summed E-state index contributed by atoms with van der Waals surface area (Å²) in [4.78, 5) is 3.76. The molecule has 1 unspecified atom stereocenters. The highest BCUT2D eigenvalue weighted by molar-refractivity contribution is 7.95. The monoisotopic (exact) mass is 298 g/mol. The van der Waals surface area contributed by atoms with Crippen LogP contribution in [0.15, 0.2) is 47.0 Å². The summed E-state index contributed by atoms with van der Waals surface area (Å²) in [6.07, 6.45) is 2.21. The highest BCUT2D eigenvalue weighted by Crippen LogP contribution is 2.18. The number of hydrogen-bond donors (Lipinski definition) is 1. The normalized spacial score (nSPS) is 14.3. The van der Waals surface area contributed by atoms with E-state index in [9.17, 15) is 17.4 Å². The molecule has 0 saturated heterocycles. The first-order valence-corrected chi connectivity index (χ1v) is 7.05. The van der Waals surface area contributed by atoms with Gasteiger partial charge in [-0.05, 0) is 18.2 Å². The number of halogens is 3. The van der Waals surface area contributed by atoms with E-state index in [1.807, 2.05) is 0 Å². The molecule has 0 saturated carbocycles. The van der Waals surface area contributed by atoms with Gasteiger partial charge >= 0.3 is 0 Å². The van der Waals surface area contributed by atoms with Gasteiger partial charge in [-0.2, -0.15) is 0 Å². The second-order valence-corrected chi connectivity index (χ2v) is 5.75. The first-order valence-electron chi connectivity index (χ1n) is 5.42. The SMILES string of the molecule is N=S(=O)(/C=C/c1c(F)cc(F)cc1F)c1ccccn1. The van der Waals surface area contributed by atoms with Crippen molar-refractivity contribution in [3.05, 3.63) is 65.0 Å². The molecule has 1 aromatic carbocycles. The van der Waals surface area contributed by atoms with Gasteiger partial charge < -0.3 is 0 Å². The first kappa shape index (κ1) is 14.3. The van der Waals surface area contributed by atoms with Crippen molar-refractivity contribution < 1.29 is 17.4 Å². The zero-order chi connectivity index (χ0) is 14.8. The summed E-state index contributed by atoms with van der Waals surface area (Å²) in [6.45, 7) is 0. The van der Waals surface area contributed by atoms with E-state index in [0.717, 1.165) is 11.5 Å². The lowest BCUT2D eigenvalue weighted by molar-refractivity contribution is 0.540. The quantitative estimate of drug-likeness (QED) is 0.941. The van der Waals surface area contributed by atoms with Gasteiger partial charge in [0.15, 0.2) is 0 Å². The molecule has 0 aliphatic carbocycles. The Hall–Kier alpha value is -2.15. The molecule has 0 radical (unpaired) electrons. The summed E-state index contributed by atoms with van der Waals surface area (Å²) in [5.74, 6) is -3.31. The largest absolute Gasteiger partial charge is 0.246 e. The van der Waals surface area contributed by atoms with E-state index in [0.29, 0.717) is 12.1 Å². The van der Waals surface area contributed by atoms with Crippen LogP contribution in [0.4, 0.5) is 13.2 Å². The van der Waals surface area contributed by atoms with Gasteiger partial charge in [0.25, 0.3) is 0 Å². The number of pyridine rings is 1. The molecular weight excluding hydrogens is 289 g/mol. The summed E-state index contributed by atoms with van der Waals surface area (Å²) >= 11 is 0. The van der Waals surface area contributed by atoms with Crippen LogP contribution in [0.25, 0.3) is 6.08 Å². The number of benzene rings is 1. The van der Waals surface area contributed by atoms with Gasteiger partial charge in [0.1, 0.15) is 32.2 Å². The molecule has 7 heteroatoms. The Morgan fingerprint density at radius 2 is 1.80 bits per heavy atom. The van der Waals surface area contributed by atoms with Crippen LogP contribution in [-0.4, -0.2) is 9.19 Å². The number of aromatic nitrogens is 1. The first-order chi connectivity index (χ1) is 9.40. The van der Waals surface area contributed by atoms with E-state index >= 15 is 0 Å². The molecule has 0 amide bonds. The average Bonchev–Trinajstić information content (AvgIpc) is 2.38. The highest BCUT2D eigenvalue weighted by atomic mass is 32.2. The van der Waals surface area contributed by atoms with E-state index in [1.165, 1.54) is 12.3 Å². The van der Waals surface area contributed by atoms with Crippen molar-refractivity contribution in [3.8, 4) is 0 Å². The molecule has 1 atom stereocenters. The molecule has 0 spiro atoms. The topological polar surface area (TPSA) is 53.8 Å². The third-order valence-corrected chi connectivity index (χ3v) is 3.80. The molecule has 2 rings (SSSR count). The van der Waals surface area contributed by atoms with Crippen molar-refractivity contribution in [1.29, 1.82) is 4.78 Å². The molecule has 0 bridgehead atoms. The standard InChI is InChI=1S/C13H9F3N2OS/c14-9-7-11(15)10(12(16)8-9)4-6-20(17,19)13-3-1-2-5-18-13/h1-8,17H/b6-4+. The molecule has 104 valence electrons. The number of nitrogens with one attached hydrogen (secondary N) is 1. The van der Waals surface area contributed by atoms with Gasteiger partial charge in [0.05, 0.1) is 0 Å². The summed E-state index contributed by atoms with van der Waals surface area (Å²) < 4.78 is 59.2. The average molecular weight is 298 g/mol. The Bertz CT molecular complexity index is 735. The Balaban J connectivity index is 2.40. The summed E-state index contributed by atoms with van der Waals surface area (Å²) in [7, 11) is -3.42. The van der Waals surface area contributed by atoms with Gasteiger partial charge in [0, 0.05) is 29.3 Å². The van der Waals surface area contributed by atoms with Crippen LogP contribution in [0.3, 0.4) is 0 Å². The zero-order valence-electron chi connectivity index (χ0n) is 10.0. The van der Waals surface area contributed by atoms with Gasteiger partial charge in [0.2, 0.25) is 0 Å². The molecule has 1 N–H and O–H groups in total. The lowest BCUT2D eigenvalue weighted by atomic mass is 10.2. The minimum atomic E-state index is -3.42. The van der Waals surface area contributed by atoms with Crippen LogP contribution in [0.1, 0.15) is 5.56 Å². The van der Waals surface area contributed by atoms with Gasteiger partial charge in [-0.1, -0.05) is 6.07 Å². The molecule has 1 aromatic heterocycles. The highest BCUT2D eigenvalue weighted by Gasteiger charge is 2.11. The zero-order valence-corrected chi connectivity index (χ0v) is 10.8. The van der Waals surface area contributed by atoms with Crippen LogP contribution in [0, 0.1) is 22.2 Å². The summed E-state index contributed by atoms with van der Waals surface area (Å²) in [6, 6.07) is 5.52. The minimum absolute atomic E-state index is 0.0285. The molecule has 3 nitrogen and oxygen atoms in total. The Kier molecular flexibility index (Phi) is 3.89. The Morgan fingerprint density at radius 3 is 2.35 bits per heavy atom.